The minimum Gasteiger partial charge on any atom is -0.345 e. The Morgan fingerprint density at radius 2 is 1.87 bits per heavy atom. The smallest absolute Gasteiger partial charge is 0.252 e. The Labute approximate surface area is 136 Å². The molecule has 3 heteroatoms. The van der Waals surface area contributed by atoms with Gasteiger partial charge in [-0.2, -0.15) is 0 Å². The molecule has 0 aliphatic heterocycles. The summed E-state index contributed by atoms with van der Waals surface area (Å²) in [6.45, 7) is 4.14. The Morgan fingerprint density at radius 3 is 2.61 bits per heavy atom. The number of amides is 1. The Bertz CT molecular complexity index is 819. The minimum absolute atomic E-state index is 0.00928. The molecule has 0 spiro atoms. The summed E-state index contributed by atoms with van der Waals surface area (Å²) in [5, 5.41) is 4.02. The van der Waals surface area contributed by atoms with E-state index < -0.39 is 0 Å². The zero-order valence-electron chi connectivity index (χ0n) is 13.4. The van der Waals surface area contributed by atoms with Crippen LogP contribution in [0.3, 0.4) is 0 Å². The Kier molecular flexibility index (Phi) is 4.38. The highest BCUT2D eigenvalue weighted by atomic mass is 16.1. The summed E-state index contributed by atoms with van der Waals surface area (Å²) in [4.78, 5) is 17.0. The number of rotatable bonds is 4. The number of hydrogen-bond acceptors (Lipinski definition) is 2. The third-order valence-corrected chi connectivity index (χ3v) is 4.08. The van der Waals surface area contributed by atoms with E-state index in [0.29, 0.717) is 5.56 Å². The first kappa shape index (κ1) is 15.2. The van der Waals surface area contributed by atoms with E-state index >= 15 is 0 Å². The number of aryl methyl sites for hydroxylation is 1. The van der Waals surface area contributed by atoms with Gasteiger partial charge in [0, 0.05) is 17.1 Å². The molecule has 1 heterocycles. The van der Waals surface area contributed by atoms with Gasteiger partial charge in [0.1, 0.15) is 0 Å². The topological polar surface area (TPSA) is 42.0 Å². The lowest BCUT2D eigenvalue weighted by Crippen LogP contribution is -2.28. The third-order valence-electron chi connectivity index (χ3n) is 4.08. The van der Waals surface area contributed by atoms with Crippen LogP contribution in [0.25, 0.3) is 10.9 Å². The number of carbonyl (C=O) groups excluding carboxylic acids is 1. The van der Waals surface area contributed by atoms with Crippen molar-refractivity contribution in [3.8, 4) is 0 Å². The molecule has 0 fully saturated rings. The molecule has 1 N–H and O–H groups in total. The van der Waals surface area contributed by atoms with Crippen LogP contribution in [0.5, 0.6) is 0 Å². The second kappa shape index (κ2) is 6.61. The van der Waals surface area contributed by atoms with Gasteiger partial charge in [0.15, 0.2) is 0 Å². The van der Waals surface area contributed by atoms with Crippen molar-refractivity contribution in [2.24, 2.45) is 0 Å². The molecule has 2 aromatic carbocycles. The molecule has 3 nitrogen and oxygen atoms in total. The van der Waals surface area contributed by atoms with Crippen LogP contribution in [0.1, 0.15) is 40.9 Å². The molecule has 0 saturated carbocycles. The number of pyridine rings is 1. The molecule has 0 aliphatic carbocycles. The van der Waals surface area contributed by atoms with Gasteiger partial charge in [-0.15, -0.1) is 0 Å². The Balaban J connectivity index is 1.88. The number of nitrogens with one attached hydrogen (secondary N) is 1. The van der Waals surface area contributed by atoms with Gasteiger partial charge in [-0.25, -0.2) is 0 Å². The zero-order valence-corrected chi connectivity index (χ0v) is 13.4. The zero-order chi connectivity index (χ0) is 16.2. The molecular weight excluding hydrogens is 284 g/mol. The second-order valence-corrected chi connectivity index (χ2v) is 5.72. The van der Waals surface area contributed by atoms with Crippen molar-refractivity contribution in [3.63, 3.8) is 0 Å². The summed E-state index contributed by atoms with van der Waals surface area (Å²) in [5.41, 5.74) is 3.85. The van der Waals surface area contributed by atoms with Crippen LogP contribution in [-0.4, -0.2) is 10.9 Å². The van der Waals surface area contributed by atoms with Crippen LogP contribution < -0.4 is 5.32 Å². The summed E-state index contributed by atoms with van der Waals surface area (Å²) in [6.07, 6.45) is 2.59. The first-order chi connectivity index (χ1) is 11.2. The third kappa shape index (κ3) is 3.24. The SMILES string of the molecule is CCC(NC(=O)c1cccc2ncccc12)c1ccc(C)cc1. The van der Waals surface area contributed by atoms with Crippen molar-refractivity contribution in [3.05, 3.63) is 77.5 Å². The Hall–Kier alpha value is -2.68. The van der Waals surface area contributed by atoms with E-state index in [-0.39, 0.29) is 11.9 Å². The van der Waals surface area contributed by atoms with E-state index in [2.05, 4.69) is 48.4 Å². The van der Waals surface area contributed by atoms with E-state index in [1.807, 2.05) is 30.3 Å². The maximum Gasteiger partial charge on any atom is 0.252 e. The van der Waals surface area contributed by atoms with Gasteiger partial charge >= 0.3 is 0 Å². The number of carbonyl (C=O) groups is 1. The van der Waals surface area contributed by atoms with E-state index in [4.69, 9.17) is 0 Å². The molecule has 1 atom stereocenters. The first-order valence-electron chi connectivity index (χ1n) is 7.90. The molecule has 0 radical (unpaired) electrons. The molecular formula is C20H20N2O. The fraction of sp³-hybridized carbons (Fsp3) is 0.200. The van der Waals surface area contributed by atoms with Crippen molar-refractivity contribution in [2.75, 3.05) is 0 Å². The van der Waals surface area contributed by atoms with Gasteiger partial charge < -0.3 is 5.32 Å². The minimum atomic E-state index is -0.0592. The first-order valence-corrected chi connectivity index (χ1v) is 7.90. The van der Waals surface area contributed by atoms with Gasteiger partial charge in [0.05, 0.1) is 11.6 Å². The van der Waals surface area contributed by atoms with Gasteiger partial charge in [0.2, 0.25) is 0 Å². The molecule has 3 rings (SSSR count). The van der Waals surface area contributed by atoms with Crippen molar-refractivity contribution in [1.29, 1.82) is 0 Å². The fourth-order valence-electron chi connectivity index (χ4n) is 2.76. The summed E-state index contributed by atoms with van der Waals surface area (Å²) in [7, 11) is 0. The number of fused-ring (bicyclic) bond motifs is 1. The summed E-state index contributed by atoms with van der Waals surface area (Å²) in [5.74, 6) is -0.0592. The number of nitrogens with zero attached hydrogens (tertiary/aromatic N) is 1. The molecule has 0 bridgehead atoms. The normalized spacial score (nSPS) is 12.1. The molecule has 1 aromatic heterocycles. The van der Waals surface area contributed by atoms with Crippen LogP contribution in [0.15, 0.2) is 60.8 Å². The van der Waals surface area contributed by atoms with Crippen LogP contribution in [-0.2, 0) is 0 Å². The maximum absolute atomic E-state index is 12.7. The van der Waals surface area contributed by atoms with Crippen LogP contribution >= 0.6 is 0 Å². The fourth-order valence-corrected chi connectivity index (χ4v) is 2.76. The lowest BCUT2D eigenvalue weighted by atomic mass is 10.0. The highest BCUT2D eigenvalue weighted by molar-refractivity contribution is 6.06. The van der Waals surface area contributed by atoms with E-state index in [1.165, 1.54) is 5.56 Å². The van der Waals surface area contributed by atoms with Crippen molar-refractivity contribution < 1.29 is 4.79 Å². The van der Waals surface area contributed by atoms with E-state index in [1.54, 1.807) is 6.20 Å². The predicted molar refractivity (Wildman–Crippen MR) is 93.4 cm³/mol. The summed E-state index contributed by atoms with van der Waals surface area (Å²) in [6, 6.07) is 17.7. The highest BCUT2D eigenvalue weighted by Crippen LogP contribution is 2.20. The standard InChI is InChI=1S/C20H20N2O/c1-3-18(15-11-9-14(2)10-12-15)22-20(23)17-6-4-8-19-16(17)7-5-13-21-19/h4-13,18H,3H2,1-2H3,(H,22,23). The predicted octanol–water partition coefficient (Wildman–Crippen LogP) is 4.42. The van der Waals surface area contributed by atoms with E-state index in [9.17, 15) is 4.79 Å². The number of benzene rings is 2. The van der Waals surface area contributed by atoms with Gasteiger partial charge in [0.25, 0.3) is 5.91 Å². The van der Waals surface area contributed by atoms with Crippen molar-refractivity contribution >= 4 is 16.8 Å². The molecule has 1 amide bonds. The summed E-state index contributed by atoms with van der Waals surface area (Å²) < 4.78 is 0. The van der Waals surface area contributed by atoms with Gasteiger partial charge in [-0.05, 0) is 37.1 Å². The van der Waals surface area contributed by atoms with Crippen LogP contribution in [0.4, 0.5) is 0 Å². The monoisotopic (exact) mass is 304 g/mol. The highest BCUT2D eigenvalue weighted by Gasteiger charge is 2.16. The quantitative estimate of drug-likeness (QED) is 0.775. The lowest BCUT2D eigenvalue weighted by molar-refractivity contribution is 0.0937. The Morgan fingerprint density at radius 1 is 1.09 bits per heavy atom. The molecule has 1 unspecified atom stereocenters. The van der Waals surface area contributed by atoms with Gasteiger partial charge in [-0.1, -0.05) is 48.9 Å². The molecule has 116 valence electrons. The molecule has 23 heavy (non-hydrogen) atoms. The van der Waals surface area contributed by atoms with Gasteiger partial charge in [-0.3, -0.25) is 9.78 Å². The number of hydrogen-bond donors (Lipinski definition) is 1. The van der Waals surface area contributed by atoms with Crippen LogP contribution in [0, 0.1) is 6.92 Å². The van der Waals surface area contributed by atoms with E-state index in [0.717, 1.165) is 22.9 Å². The van der Waals surface area contributed by atoms with Crippen LogP contribution in [0.2, 0.25) is 0 Å². The maximum atomic E-state index is 12.7. The lowest BCUT2D eigenvalue weighted by Gasteiger charge is -2.18. The number of aromatic nitrogens is 1. The molecule has 3 aromatic rings. The second-order valence-electron chi connectivity index (χ2n) is 5.72. The summed E-state index contributed by atoms with van der Waals surface area (Å²) >= 11 is 0. The average Bonchev–Trinajstić information content (AvgIpc) is 2.60. The molecule has 0 aliphatic rings. The van der Waals surface area contributed by atoms with Crippen molar-refractivity contribution in [1.82, 2.24) is 10.3 Å². The average molecular weight is 304 g/mol. The largest absolute Gasteiger partial charge is 0.345 e. The van der Waals surface area contributed by atoms with Crippen molar-refractivity contribution in [2.45, 2.75) is 26.3 Å². The molecule has 0 saturated heterocycles.